The number of halogens is 1. The number of aryl methyl sites for hydroxylation is 3. The Labute approximate surface area is 126 Å². The predicted molar refractivity (Wildman–Crippen MR) is 81.9 cm³/mol. The van der Waals surface area contributed by atoms with Crippen LogP contribution in [0.25, 0.3) is 0 Å². The average Bonchev–Trinajstić information content (AvgIpc) is 2.73. The number of thiazole rings is 1. The molecule has 0 aliphatic heterocycles. The normalized spacial score (nSPS) is 10.4. The van der Waals surface area contributed by atoms with Crippen molar-refractivity contribution in [3.8, 4) is 5.75 Å². The van der Waals surface area contributed by atoms with Gasteiger partial charge in [0.2, 0.25) is 0 Å². The Hall–Kier alpha value is -1.59. The number of rotatable bonds is 4. The van der Waals surface area contributed by atoms with Gasteiger partial charge in [-0.25, -0.2) is 4.98 Å². The van der Waals surface area contributed by atoms with E-state index >= 15 is 0 Å². The van der Waals surface area contributed by atoms with Crippen molar-refractivity contribution in [2.24, 2.45) is 0 Å². The van der Waals surface area contributed by atoms with Gasteiger partial charge in [-0.1, -0.05) is 11.6 Å². The lowest BCUT2D eigenvalue weighted by molar-refractivity contribution is -0.118. The number of aromatic nitrogens is 1. The number of hydrogen-bond donors (Lipinski definition) is 1. The van der Waals surface area contributed by atoms with Crippen LogP contribution in [0.2, 0.25) is 5.02 Å². The first-order chi connectivity index (χ1) is 9.45. The highest BCUT2D eigenvalue weighted by Crippen LogP contribution is 2.27. The largest absolute Gasteiger partial charge is 0.483 e. The molecule has 106 valence electrons. The van der Waals surface area contributed by atoms with E-state index in [-0.39, 0.29) is 12.5 Å². The summed E-state index contributed by atoms with van der Waals surface area (Å²) in [6, 6.07) is 3.62. The quantitative estimate of drug-likeness (QED) is 0.936. The SMILES string of the molecule is Cc1cnc(NC(=O)COc2c(C)cc(Cl)cc2C)s1. The van der Waals surface area contributed by atoms with Gasteiger partial charge in [-0.05, 0) is 44.0 Å². The summed E-state index contributed by atoms with van der Waals surface area (Å²) in [6.45, 7) is 5.68. The Morgan fingerprint density at radius 3 is 2.55 bits per heavy atom. The van der Waals surface area contributed by atoms with E-state index in [0.717, 1.165) is 16.0 Å². The number of nitrogens with one attached hydrogen (secondary N) is 1. The fourth-order valence-corrected chi connectivity index (χ4v) is 2.84. The molecular formula is C14H15ClN2O2S. The molecule has 0 saturated carbocycles. The molecular weight excluding hydrogens is 296 g/mol. The Kier molecular flexibility index (Phi) is 4.62. The van der Waals surface area contributed by atoms with Crippen LogP contribution >= 0.6 is 22.9 Å². The Morgan fingerprint density at radius 2 is 2.00 bits per heavy atom. The summed E-state index contributed by atoms with van der Waals surface area (Å²) in [5.41, 5.74) is 1.82. The summed E-state index contributed by atoms with van der Waals surface area (Å²) in [5.74, 6) is 0.466. The van der Waals surface area contributed by atoms with Gasteiger partial charge in [-0.15, -0.1) is 11.3 Å². The minimum atomic E-state index is -0.229. The van der Waals surface area contributed by atoms with Crippen LogP contribution < -0.4 is 10.1 Å². The van der Waals surface area contributed by atoms with Crippen LogP contribution in [-0.2, 0) is 4.79 Å². The Morgan fingerprint density at radius 1 is 1.35 bits per heavy atom. The van der Waals surface area contributed by atoms with Crippen molar-refractivity contribution < 1.29 is 9.53 Å². The second kappa shape index (κ2) is 6.24. The van der Waals surface area contributed by atoms with Crippen LogP contribution in [0.4, 0.5) is 5.13 Å². The van der Waals surface area contributed by atoms with Gasteiger partial charge in [-0.3, -0.25) is 10.1 Å². The molecule has 0 fully saturated rings. The van der Waals surface area contributed by atoms with Gasteiger partial charge in [0.1, 0.15) is 5.75 Å². The highest BCUT2D eigenvalue weighted by Gasteiger charge is 2.10. The molecule has 2 rings (SSSR count). The molecule has 1 aromatic heterocycles. The van der Waals surface area contributed by atoms with E-state index in [0.29, 0.717) is 15.9 Å². The van der Waals surface area contributed by atoms with Gasteiger partial charge in [0.25, 0.3) is 5.91 Å². The van der Waals surface area contributed by atoms with E-state index in [1.165, 1.54) is 11.3 Å². The van der Waals surface area contributed by atoms with Gasteiger partial charge in [0.15, 0.2) is 11.7 Å². The molecule has 0 atom stereocenters. The molecule has 4 nitrogen and oxygen atoms in total. The lowest BCUT2D eigenvalue weighted by Gasteiger charge is -2.12. The second-order valence-electron chi connectivity index (χ2n) is 4.48. The fraction of sp³-hybridized carbons (Fsp3) is 0.286. The van der Waals surface area contributed by atoms with Gasteiger partial charge in [0, 0.05) is 16.1 Å². The lowest BCUT2D eigenvalue weighted by atomic mass is 10.1. The number of nitrogens with zero attached hydrogens (tertiary/aromatic N) is 1. The summed E-state index contributed by atoms with van der Waals surface area (Å²) in [7, 11) is 0. The minimum Gasteiger partial charge on any atom is -0.483 e. The maximum absolute atomic E-state index is 11.8. The van der Waals surface area contributed by atoms with Crippen molar-refractivity contribution in [1.82, 2.24) is 4.98 Å². The van der Waals surface area contributed by atoms with E-state index in [1.807, 2.05) is 32.9 Å². The van der Waals surface area contributed by atoms with Crippen LogP contribution in [0.3, 0.4) is 0 Å². The lowest BCUT2D eigenvalue weighted by Crippen LogP contribution is -2.20. The first-order valence-electron chi connectivity index (χ1n) is 6.07. The first kappa shape index (κ1) is 14.8. The summed E-state index contributed by atoms with van der Waals surface area (Å²) in [6.07, 6.45) is 1.72. The molecule has 0 radical (unpaired) electrons. The molecule has 1 aromatic carbocycles. The highest BCUT2D eigenvalue weighted by atomic mass is 35.5. The number of carbonyl (C=O) groups is 1. The third kappa shape index (κ3) is 3.71. The van der Waals surface area contributed by atoms with Gasteiger partial charge >= 0.3 is 0 Å². The number of carbonyl (C=O) groups excluding carboxylic acids is 1. The first-order valence-corrected chi connectivity index (χ1v) is 7.27. The second-order valence-corrected chi connectivity index (χ2v) is 6.15. The Balaban J connectivity index is 1.97. The van der Waals surface area contributed by atoms with Crippen LogP contribution in [0, 0.1) is 20.8 Å². The number of hydrogen-bond acceptors (Lipinski definition) is 4. The molecule has 0 saturated heterocycles. The third-order valence-corrected chi connectivity index (χ3v) is 3.69. The van der Waals surface area contributed by atoms with E-state index in [2.05, 4.69) is 10.3 Å². The molecule has 0 aliphatic rings. The topological polar surface area (TPSA) is 51.2 Å². The molecule has 0 spiro atoms. The molecule has 0 unspecified atom stereocenters. The number of ether oxygens (including phenoxy) is 1. The molecule has 20 heavy (non-hydrogen) atoms. The Bertz CT molecular complexity index is 617. The standard InChI is InChI=1S/C14H15ClN2O2S/c1-8-4-11(15)5-9(2)13(8)19-7-12(18)17-14-16-6-10(3)20-14/h4-6H,7H2,1-3H3,(H,16,17,18). The van der Waals surface area contributed by atoms with Crippen molar-refractivity contribution in [3.05, 3.63) is 39.4 Å². The summed E-state index contributed by atoms with van der Waals surface area (Å²) in [5, 5.41) is 3.95. The van der Waals surface area contributed by atoms with Crippen molar-refractivity contribution in [1.29, 1.82) is 0 Å². The van der Waals surface area contributed by atoms with Crippen LogP contribution in [-0.4, -0.2) is 17.5 Å². The van der Waals surface area contributed by atoms with E-state index < -0.39 is 0 Å². The smallest absolute Gasteiger partial charge is 0.264 e. The van der Waals surface area contributed by atoms with Crippen LogP contribution in [0.5, 0.6) is 5.75 Å². The number of benzene rings is 1. The predicted octanol–water partition coefficient (Wildman–Crippen LogP) is 3.74. The number of amides is 1. The van der Waals surface area contributed by atoms with Crippen LogP contribution in [0.1, 0.15) is 16.0 Å². The third-order valence-electron chi connectivity index (χ3n) is 2.64. The summed E-state index contributed by atoms with van der Waals surface area (Å²) in [4.78, 5) is 16.9. The zero-order valence-electron chi connectivity index (χ0n) is 11.5. The highest BCUT2D eigenvalue weighted by molar-refractivity contribution is 7.15. The van der Waals surface area contributed by atoms with E-state index in [1.54, 1.807) is 6.20 Å². The van der Waals surface area contributed by atoms with Gasteiger partial charge in [0.05, 0.1) is 0 Å². The molecule has 0 aliphatic carbocycles. The molecule has 1 heterocycles. The fourth-order valence-electron chi connectivity index (χ4n) is 1.83. The number of anilines is 1. The zero-order valence-corrected chi connectivity index (χ0v) is 13.1. The van der Waals surface area contributed by atoms with Crippen molar-refractivity contribution in [3.63, 3.8) is 0 Å². The van der Waals surface area contributed by atoms with Crippen molar-refractivity contribution >= 4 is 34.0 Å². The van der Waals surface area contributed by atoms with Crippen LogP contribution in [0.15, 0.2) is 18.3 Å². The maximum Gasteiger partial charge on any atom is 0.264 e. The van der Waals surface area contributed by atoms with E-state index in [4.69, 9.17) is 16.3 Å². The van der Waals surface area contributed by atoms with Gasteiger partial charge < -0.3 is 4.74 Å². The minimum absolute atomic E-state index is 0.0536. The average molecular weight is 311 g/mol. The molecule has 1 amide bonds. The van der Waals surface area contributed by atoms with Gasteiger partial charge in [-0.2, -0.15) is 0 Å². The molecule has 2 aromatic rings. The summed E-state index contributed by atoms with van der Waals surface area (Å²) >= 11 is 7.38. The maximum atomic E-state index is 11.8. The zero-order chi connectivity index (χ0) is 14.7. The van der Waals surface area contributed by atoms with Crippen molar-refractivity contribution in [2.45, 2.75) is 20.8 Å². The molecule has 6 heteroatoms. The van der Waals surface area contributed by atoms with E-state index in [9.17, 15) is 4.79 Å². The monoisotopic (exact) mass is 310 g/mol. The molecule has 1 N–H and O–H groups in total. The summed E-state index contributed by atoms with van der Waals surface area (Å²) < 4.78 is 5.57. The van der Waals surface area contributed by atoms with Crippen molar-refractivity contribution in [2.75, 3.05) is 11.9 Å². The molecule has 0 bridgehead atoms.